The van der Waals surface area contributed by atoms with Gasteiger partial charge in [0.25, 0.3) is 5.91 Å². The number of nitrogens with zero attached hydrogens (tertiary/aromatic N) is 1. The van der Waals surface area contributed by atoms with Crippen LogP contribution in [0, 0.1) is 18.8 Å². The van der Waals surface area contributed by atoms with E-state index in [4.69, 9.17) is 18.6 Å². The molecule has 1 aromatic carbocycles. The van der Waals surface area contributed by atoms with Crippen molar-refractivity contribution in [1.29, 1.82) is 0 Å². The first kappa shape index (κ1) is 19.0. The van der Waals surface area contributed by atoms with Crippen molar-refractivity contribution >= 4 is 5.91 Å². The van der Waals surface area contributed by atoms with Gasteiger partial charge in [0, 0.05) is 31.3 Å². The highest BCUT2D eigenvalue weighted by Crippen LogP contribution is 2.40. The van der Waals surface area contributed by atoms with Gasteiger partial charge in [-0.2, -0.15) is 0 Å². The van der Waals surface area contributed by atoms with Gasteiger partial charge in [0.15, 0.2) is 22.7 Å². The lowest BCUT2D eigenvalue weighted by molar-refractivity contribution is -0.0232. The van der Waals surface area contributed by atoms with E-state index >= 15 is 0 Å². The summed E-state index contributed by atoms with van der Waals surface area (Å²) in [6, 6.07) is 7.95. The molecule has 1 saturated carbocycles. The average molecular weight is 413 g/mol. The van der Waals surface area contributed by atoms with E-state index in [2.05, 4.69) is 0 Å². The molecule has 2 aromatic rings. The second-order valence-electron chi connectivity index (χ2n) is 8.21. The van der Waals surface area contributed by atoms with Gasteiger partial charge in [-0.3, -0.25) is 9.59 Å². The monoisotopic (exact) mass is 413 g/mol. The predicted molar refractivity (Wildman–Crippen MR) is 105 cm³/mol. The minimum Gasteiger partial charge on any atom is -0.488 e. The number of rotatable bonds is 3. The van der Waals surface area contributed by atoms with Crippen LogP contribution in [0.1, 0.15) is 29.2 Å². The van der Waals surface area contributed by atoms with Crippen molar-refractivity contribution in [2.75, 3.05) is 19.9 Å². The first-order valence-electron chi connectivity index (χ1n) is 10.1. The van der Waals surface area contributed by atoms with Crippen LogP contribution in [0.2, 0.25) is 0 Å². The molecular formula is C22H23NO7. The highest BCUT2D eigenvalue weighted by Gasteiger charge is 2.44. The molecule has 0 radical (unpaired) electrons. The van der Waals surface area contributed by atoms with E-state index in [0.29, 0.717) is 48.9 Å². The number of fused-ring (bicyclic) bond motifs is 2. The van der Waals surface area contributed by atoms with Gasteiger partial charge in [0.2, 0.25) is 6.79 Å². The summed E-state index contributed by atoms with van der Waals surface area (Å²) >= 11 is 0. The Hall–Kier alpha value is -3.00. The summed E-state index contributed by atoms with van der Waals surface area (Å²) in [5.41, 5.74) is -0.244. The molecule has 2 aliphatic heterocycles. The number of carbonyl (C=O) groups excluding carboxylic acids is 1. The minimum atomic E-state index is -0.622. The molecule has 1 aliphatic carbocycles. The van der Waals surface area contributed by atoms with Crippen molar-refractivity contribution in [2.24, 2.45) is 11.8 Å². The molecule has 3 aliphatic rings. The molecule has 1 saturated heterocycles. The molecule has 0 spiro atoms. The maximum atomic E-state index is 12.8. The molecular weight excluding hydrogens is 390 g/mol. The van der Waals surface area contributed by atoms with Crippen LogP contribution < -0.4 is 19.6 Å². The van der Waals surface area contributed by atoms with E-state index in [1.807, 2.05) is 0 Å². The van der Waals surface area contributed by atoms with E-state index in [1.165, 1.54) is 12.1 Å². The minimum absolute atomic E-state index is 0.0624. The van der Waals surface area contributed by atoms with Crippen LogP contribution in [-0.4, -0.2) is 48.0 Å². The average Bonchev–Trinajstić information content (AvgIpc) is 3.33. The van der Waals surface area contributed by atoms with Crippen LogP contribution in [0.25, 0.3) is 0 Å². The number of benzene rings is 1. The van der Waals surface area contributed by atoms with Crippen molar-refractivity contribution in [3.63, 3.8) is 0 Å². The van der Waals surface area contributed by atoms with Gasteiger partial charge < -0.3 is 28.6 Å². The van der Waals surface area contributed by atoms with Gasteiger partial charge in [-0.1, -0.05) is 0 Å². The molecule has 158 valence electrons. The molecule has 0 unspecified atom stereocenters. The number of aryl methyl sites for hydroxylation is 1. The van der Waals surface area contributed by atoms with Gasteiger partial charge in [-0.25, -0.2) is 0 Å². The third kappa shape index (κ3) is 3.52. The smallest absolute Gasteiger partial charge is 0.289 e. The van der Waals surface area contributed by atoms with Crippen molar-refractivity contribution in [3.8, 4) is 17.2 Å². The second-order valence-corrected chi connectivity index (χ2v) is 8.21. The molecule has 8 heteroatoms. The highest BCUT2D eigenvalue weighted by molar-refractivity contribution is 5.91. The van der Waals surface area contributed by atoms with Gasteiger partial charge in [0.1, 0.15) is 17.6 Å². The lowest BCUT2D eigenvalue weighted by atomic mass is 9.78. The van der Waals surface area contributed by atoms with Crippen LogP contribution in [0.3, 0.4) is 0 Å². The number of amides is 1. The summed E-state index contributed by atoms with van der Waals surface area (Å²) in [5.74, 6) is 2.53. The maximum Gasteiger partial charge on any atom is 0.289 e. The Bertz CT molecular complexity index is 1030. The topological polar surface area (TPSA) is 98.4 Å². The lowest BCUT2D eigenvalue weighted by Gasteiger charge is -2.35. The van der Waals surface area contributed by atoms with Crippen LogP contribution in [0.4, 0.5) is 0 Å². The lowest BCUT2D eigenvalue weighted by Crippen LogP contribution is -2.42. The van der Waals surface area contributed by atoms with Crippen LogP contribution in [0.15, 0.2) is 39.5 Å². The molecule has 0 bridgehead atoms. The summed E-state index contributed by atoms with van der Waals surface area (Å²) in [6.45, 7) is 2.93. The summed E-state index contributed by atoms with van der Waals surface area (Å²) < 4.78 is 22.2. The number of likely N-dealkylation sites (tertiary alicyclic amines) is 1. The predicted octanol–water partition coefficient (Wildman–Crippen LogP) is 1.97. The normalized spacial score (nSPS) is 27.1. The van der Waals surface area contributed by atoms with Crippen molar-refractivity contribution < 1.29 is 28.5 Å². The fraction of sp³-hybridized carbons (Fsp3) is 0.455. The van der Waals surface area contributed by atoms with Gasteiger partial charge >= 0.3 is 0 Å². The molecule has 3 heterocycles. The van der Waals surface area contributed by atoms with E-state index in [9.17, 15) is 14.7 Å². The fourth-order valence-corrected chi connectivity index (χ4v) is 4.67. The fourth-order valence-electron chi connectivity index (χ4n) is 4.67. The summed E-state index contributed by atoms with van der Waals surface area (Å²) in [7, 11) is 0. The van der Waals surface area contributed by atoms with E-state index < -0.39 is 6.10 Å². The largest absolute Gasteiger partial charge is 0.488 e. The van der Waals surface area contributed by atoms with Gasteiger partial charge in [-0.05, 0) is 43.7 Å². The Labute approximate surface area is 173 Å². The summed E-state index contributed by atoms with van der Waals surface area (Å²) in [4.78, 5) is 26.3. The second kappa shape index (κ2) is 7.36. The number of hydrogen-bond donors (Lipinski definition) is 1. The SMILES string of the molecule is Cc1cc(=O)cc(C(=O)N2C[C@H]3C[C@@H](Oc4ccc5c(c4)OCO5)[C@H](O)C[C@H]3C2)o1. The Morgan fingerprint density at radius 3 is 2.67 bits per heavy atom. The molecule has 1 aromatic heterocycles. The van der Waals surface area contributed by atoms with E-state index in [-0.39, 0.29) is 41.8 Å². The molecule has 5 rings (SSSR count). The van der Waals surface area contributed by atoms with Crippen molar-refractivity contribution in [2.45, 2.75) is 32.0 Å². The number of hydrogen-bond acceptors (Lipinski definition) is 7. The van der Waals surface area contributed by atoms with Gasteiger partial charge in [0.05, 0.1) is 6.10 Å². The third-order valence-electron chi connectivity index (χ3n) is 6.10. The number of carbonyl (C=O) groups is 1. The van der Waals surface area contributed by atoms with Crippen LogP contribution >= 0.6 is 0 Å². The summed E-state index contributed by atoms with van der Waals surface area (Å²) in [6.07, 6.45) is 0.214. The molecule has 2 fully saturated rings. The molecule has 30 heavy (non-hydrogen) atoms. The standard InChI is InChI=1S/C22H23NO7/c1-12-4-15(24)7-21(29-12)22(26)23-9-13-5-17(25)19(6-14(13)10-23)30-16-2-3-18-20(8-16)28-11-27-18/h2-4,7-8,13-14,17,19,25H,5-6,9-11H2,1H3/t13-,14+,17+,19+/m0/s1. The Balaban J connectivity index is 1.27. The quantitative estimate of drug-likeness (QED) is 0.821. The molecule has 1 N–H and O–H groups in total. The van der Waals surface area contributed by atoms with E-state index in [1.54, 1.807) is 30.0 Å². The number of aliphatic hydroxyl groups excluding tert-OH is 1. The number of ether oxygens (including phenoxy) is 3. The third-order valence-corrected chi connectivity index (χ3v) is 6.10. The van der Waals surface area contributed by atoms with Gasteiger partial charge in [-0.15, -0.1) is 0 Å². The highest BCUT2D eigenvalue weighted by atomic mass is 16.7. The Morgan fingerprint density at radius 1 is 1.10 bits per heavy atom. The Morgan fingerprint density at radius 2 is 1.87 bits per heavy atom. The maximum absolute atomic E-state index is 12.8. The first-order valence-corrected chi connectivity index (χ1v) is 10.1. The number of aliphatic hydroxyl groups is 1. The Kier molecular flexibility index (Phi) is 4.66. The van der Waals surface area contributed by atoms with E-state index in [0.717, 1.165) is 0 Å². The first-order chi connectivity index (χ1) is 14.5. The zero-order chi connectivity index (χ0) is 20.8. The van der Waals surface area contributed by atoms with Crippen molar-refractivity contribution in [3.05, 3.63) is 52.1 Å². The molecule has 8 nitrogen and oxygen atoms in total. The molecule has 1 amide bonds. The summed E-state index contributed by atoms with van der Waals surface area (Å²) in [5, 5.41) is 10.6. The molecule has 4 atom stereocenters. The van der Waals surface area contributed by atoms with Crippen LogP contribution in [-0.2, 0) is 0 Å². The van der Waals surface area contributed by atoms with Crippen LogP contribution in [0.5, 0.6) is 17.2 Å². The zero-order valence-corrected chi connectivity index (χ0v) is 16.6. The zero-order valence-electron chi connectivity index (χ0n) is 16.6. The van der Waals surface area contributed by atoms with Crippen molar-refractivity contribution in [1.82, 2.24) is 4.90 Å².